The van der Waals surface area contributed by atoms with Crippen molar-refractivity contribution in [1.29, 1.82) is 0 Å². The maximum absolute atomic E-state index is 9.08. The van der Waals surface area contributed by atoms with Gasteiger partial charge in [-0.3, -0.25) is 4.90 Å². The summed E-state index contributed by atoms with van der Waals surface area (Å²) in [4.78, 5) is 4.68. The van der Waals surface area contributed by atoms with Crippen LogP contribution < -0.4 is 0 Å². The molecular formula is C10H22N2O. The minimum Gasteiger partial charge on any atom is -0.395 e. The van der Waals surface area contributed by atoms with Gasteiger partial charge in [0, 0.05) is 24.7 Å². The van der Waals surface area contributed by atoms with Gasteiger partial charge in [-0.25, -0.2) is 0 Å². The smallest absolute Gasteiger partial charge is 0.0584 e. The quantitative estimate of drug-likeness (QED) is 0.691. The van der Waals surface area contributed by atoms with Gasteiger partial charge in [0.15, 0.2) is 0 Å². The molecular weight excluding hydrogens is 164 g/mol. The Bertz CT molecular complexity index is 161. The second-order valence-corrected chi connectivity index (χ2v) is 4.33. The number of rotatable bonds is 3. The molecule has 0 amide bonds. The highest BCUT2D eigenvalue weighted by molar-refractivity contribution is 4.90. The third kappa shape index (κ3) is 2.22. The molecule has 1 rings (SSSR count). The van der Waals surface area contributed by atoms with Gasteiger partial charge in [0.2, 0.25) is 0 Å². The molecule has 78 valence electrons. The largest absolute Gasteiger partial charge is 0.395 e. The minimum absolute atomic E-state index is 0.268. The molecule has 13 heavy (non-hydrogen) atoms. The molecule has 3 atom stereocenters. The summed E-state index contributed by atoms with van der Waals surface area (Å²) >= 11 is 0. The van der Waals surface area contributed by atoms with Crippen molar-refractivity contribution in [3.8, 4) is 0 Å². The molecule has 3 unspecified atom stereocenters. The maximum Gasteiger partial charge on any atom is 0.0584 e. The fourth-order valence-electron chi connectivity index (χ4n) is 2.36. The first-order chi connectivity index (χ1) is 6.07. The lowest BCUT2D eigenvalue weighted by atomic mass is 10.1. The molecule has 0 aromatic heterocycles. The number of aliphatic hydroxyl groups excluding tert-OH is 1. The zero-order valence-corrected chi connectivity index (χ0v) is 9.20. The number of aliphatic hydroxyl groups is 1. The van der Waals surface area contributed by atoms with Gasteiger partial charge in [0.1, 0.15) is 0 Å². The van der Waals surface area contributed by atoms with Gasteiger partial charge < -0.3 is 10.0 Å². The first kappa shape index (κ1) is 11.0. The first-order valence-electron chi connectivity index (χ1n) is 5.11. The maximum atomic E-state index is 9.08. The van der Waals surface area contributed by atoms with Gasteiger partial charge >= 0.3 is 0 Å². The molecule has 1 heterocycles. The Balaban J connectivity index is 2.54. The Kier molecular flexibility index (Phi) is 3.71. The summed E-state index contributed by atoms with van der Waals surface area (Å²) in [7, 11) is 4.27. The summed E-state index contributed by atoms with van der Waals surface area (Å²) < 4.78 is 0. The molecule has 0 saturated carbocycles. The van der Waals surface area contributed by atoms with Gasteiger partial charge in [-0.1, -0.05) is 0 Å². The average Bonchev–Trinajstić information content (AvgIpc) is 2.46. The predicted molar refractivity (Wildman–Crippen MR) is 54.8 cm³/mol. The number of hydrogen-bond donors (Lipinski definition) is 1. The molecule has 0 aromatic carbocycles. The van der Waals surface area contributed by atoms with Crippen LogP contribution in [0.1, 0.15) is 20.3 Å². The highest BCUT2D eigenvalue weighted by atomic mass is 16.3. The van der Waals surface area contributed by atoms with E-state index in [2.05, 4.69) is 37.7 Å². The molecule has 3 nitrogen and oxygen atoms in total. The van der Waals surface area contributed by atoms with Crippen LogP contribution in [0, 0.1) is 0 Å². The van der Waals surface area contributed by atoms with Crippen molar-refractivity contribution in [3.63, 3.8) is 0 Å². The second kappa shape index (κ2) is 4.40. The Labute approximate surface area is 81.3 Å². The molecule has 3 heteroatoms. The lowest BCUT2D eigenvalue weighted by Gasteiger charge is -2.31. The van der Waals surface area contributed by atoms with E-state index in [0.29, 0.717) is 18.1 Å². The van der Waals surface area contributed by atoms with E-state index in [1.165, 1.54) is 6.42 Å². The number of likely N-dealkylation sites (tertiary alicyclic amines) is 1. The third-order valence-corrected chi connectivity index (χ3v) is 3.26. The molecule has 0 spiro atoms. The average molecular weight is 186 g/mol. The second-order valence-electron chi connectivity index (χ2n) is 4.33. The Morgan fingerprint density at radius 2 is 2.15 bits per heavy atom. The van der Waals surface area contributed by atoms with E-state index in [1.54, 1.807) is 0 Å². The van der Waals surface area contributed by atoms with E-state index in [9.17, 15) is 0 Å². The van der Waals surface area contributed by atoms with Crippen LogP contribution in [-0.2, 0) is 0 Å². The van der Waals surface area contributed by atoms with E-state index in [4.69, 9.17) is 5.11 Å². The lowest BCUT2D eigenvalue weighted by Crippen LogP contribution is -2.44. The monoisotopic (exact) mass is 186 g/mol. The van der Waals surface area contributed by atoms with Crippen LogP contribution in [0.4, 0.5) is 0 Å². The topological polar surface area (TPSA) is 26.7 Å². The van der Waals surface area contributed by atoms with Gasteiger partial charge in [0.25, 0.3) is 0 Å². The summed E-state index contributed by atoms with van der Waals surface area (Å²) in [5.74, 6) is 0. The van der Waals surface area contributed by atoms with E-state index < -0.39 is 0 Å². The van der Waals surface area contributed by atoms with Crippen LogP contribution in [0.15, 0.2) is 0 Å². The summed E-state index contributed by atoms with van der Waals surface area (Å²) in [6.45, 7) is 5.73. The fourth-order valence-corrected chi connectivity index (χ4v) is 2.36. The number of nitrogens with zero attached hydrogens (tertiary/aromatic N) is 2. The van der Waals surface area contributed by atoms with E-state index in [-0.39, 0.29) is 6.61 Å². The van der Waals surface area contributed by atoms with Crippen molar-refractivity contribution < 1.29 is 5.11 Å². The van der Waals surface area contributed by atoms with Crippen LogP contribution in [0.5, 0.6) is 0 Å². The number of hydrogen-bond acceptors (Lipinski definition) is 3. The zero-order valence-electron chi connectivity index (χ0n) is 9.20. The first-order valence-corrected chi connectivity index (χ1v) is 5.11. The summed E-state index contributed by atoms with van der Waals surface area (Å²) in [5.41, 5.74) is 0. The van der Waals surface area contributed by atoms with E-state index >= 15 is 0 Å². The normalized spacial score (nSPS) is 32.8. The third-order valence-electron chi connectivity index (χ3n) is 3.26. The summed E-state index contributed by atoms with van der Waals surface area (Å²) in [6.07, 6.45) is 1.22. The SMILES string of the molecule is CC(CO)N1CCC(N(C)C)C1C. The van der Waals surface area contributed by atoms with Crippen LogP contribution in [0.3, 0.4) is 0 Å². The molecule has 0 aromatic rings. The fraction of sp³-hybridized carbons (Fsp3) is 1.00. The van der Waals surface area contributed by atoms with Gasteiger partial charge in [-0.15, -0.1) is 0 Å². The molecule has 1 saturated heterocycles. The predicted octanol–water partition coefficient (Wildman–Crippen LogP) is 0.392. The molecule has 0 radical (unpaired) electrons. The van der Waals surface area contributed by atoms with Crippen LogP contribution in [0.2, 0.25) is 0 Å². The lowest BCUT2D eigenvalue weighted by molar-refractivity contribution is 0.111. The van der Waals surface area contributed by atoms with E-state index in [0.717, 1.165) is 6.54 Å². The van der Waals surface area contributed by atoms with Gasteiger partial charge in [0.05, 0.1) is 6.61 Å². The molecule has 1 aliphatic rings. The highest BCUT2D eigenvalue weighted by Gasteiger charge is 2.33. The van der Waals surface area contributed by atoms with Crippen molar-refractivity contribution in [1.82, 2.24) is 9.80 Å². The highest BCUT2D eigenvalue weighted by Crippen LogP contribution is 2.22. The Hall–Kier alpha value is -0.120. The van der Waals surface area contributed by atoms with Crippen molar-refractivity contribution in [2.75, 3.05) is 27.2 Å². The number of likely N-dealkylation sites (N-methyl/N-ethyl adjacent to an activating group) is 1. The Morgan fingerprint density at radius 3 is 2.54 bits per heavy atom. The van der Waals surface area contributed by atoms with Crippen LogP contribution in [0.25, 0.3) is 0 Å². The van der Waals surface area contributed by atoms with Crippen LogP contribution in [-0.4, -0.2) is 60.3 Å². The molecule has 0 bridgehead atoms. The molecule has 1 aliphatic heterocycles. The molecule has 0 aliphatic carbocycles. The van der Waals surface area contributed by atoms with Crippen molar-refractivity contribution in [2.24, 2.45) is 0 Å². The summed E-state index contributed by atoms with van der Waals surface area (Å²) in [5, 5.41) is 9.08. The summed E-state index contributed by atoms with van der Waals surface area (Å²) in [6, 6.07) is 1.52. The Morgan fingerprint density at radius 1 is 1.54 bits per heavy atom. The van der Waals surface area contributed by atoms with Gasteiger partial charge in [-0.2, -0.15) is 0 Å². The zero-order chi connectivity index (χ0) is 10.0. The van der Waals surface area contributed by atoms with Crippen molar-refractivity contribution in [2.45, 2.75) is 38.4 Å². The van der Waals surface area contributed by atoms with Gasteiger partial charge in [-0.05, 0) is 34.4 Å². The molecule has 1 N–H and O–H groups in total. The standard InChI is InChI=1S/C10H22N2O/c1-8(7-13)12-6-5-10(9(12)2)11(3)4/h8-10,13H,5-7H2,1-4H3. The van der Waals surface area contributed by atoms with E-state index in [1.807, 2.05) is 0 Å². The minimum atomic E-state index is 0.268. The van der Waals surface area contributed by atoms with Crippen LogP contribution >= 0.6 is 0 Å². The van der Waals surface area contributed by atoms with Crippen molar-refractivity contribution >= 4 is 0 Å². The molecule has 1 fully saturated rings. The van der Waals surface area contributed by atoms with Crippen molar-refractivity contribution in [3.05, 3.63) is 0 Å².